The van der Waals surface area contributed by atoms with Crippen molar-refractivity contribution >= 4 is 11.9 Å². The normalized spacial score (nSPS) is 18.6. The van der Waals surface area contributed by atoms with Gasteiger partial charge in [-0.2, -0.15) is 0 Å². The van der Waals surface area contributed by atoms with E-state index in [1.165, 1.54) is 0 Å². The van der Waals surface area contributed by atoms with Crippen LogP contribution in [0.3, 0.4) is 0 Å². The monoisotopic (exact) mass is 277 g/mol. The number of amides is 1. The largest absolute Gasteiger partial charge is 0.484 e. The predicted octanol–water partition coefficient (Wildman–Crippen LogP) is 1.70. The second kappa shape index (κ2) is 6.41. The maximum absolute atomic E-state index is 12.0. The summed E-state index contributed by atoms with van der Waals surface area (Å²) < 4.78 is 5.46. The second-order valence-corrected chi connectivity index (χ2v) is 5.12. The average Bonchev–Trinajstić information content (AvgIpc) is 2.45. The summed E-state index contributed by atoms with van der Waals surface area (Å²) in [6.07, 6.45) is 1.37. The number of aryl methyl sites for hydroxylation is 1. The molecule has 2 rings (SSSR count). The molecule has 1 aliphatic heterocycles. The quantitative estimate of drug-likeness (QED) is 0.909. The molecule has 0 radical (unpaired) electrons. The smallest absolute Gasteiger partial charge is 0.308 e. The standard InChI is InChI=1S/C15H19NO4/c1-11-4-2-6-13(8-11)20-10-14(17)16-7-3-5-12(9-16)15(18)19/h2,4,6,8,12H,3,5,7,9-10H2,1H3,(H,18,19)/t12-/m1/s1. The van der Waals surface area contributed by atoms with Gasteiger partial charge in [0.1, 0.15) is 5.75 Å². The van der Waals surface area contributed by atoms with Crippen LogP contribution in [-0.2, 0) is 9.59 Å². The van der Waals surface area contributed by atoms with Gasteiger partial charge in [-0.05, 0) is 37.5 Å². The molecule has 20 heavy (non-hydrogen) atoms. The lowest BCUT2D eigenvalue weighted by molar-refractivity contribution is -0.146. The number of carboxylic acid groups (broad SMARTS) is 1. The molecule has 5 nitrogen and oxygen atoms in total. The number of aliphatic carboxylic acids is 1. The lowest BCUT2D eigenvalue weighted by atomic mass is 9.98. The third-order valence-corrected chi connectivity index (χ3v) is 3.48. The van der Waals surface area contributed by atoms with E-state index in [1.807, 2.05) is 25.1 Å². The number of rotatable bonds is 4. The van der Waals surface area contributed by atoms with Crippen LogP contribution in [0.2, 0.25) is 0 Å². The maximum Gasteiger partial charge on any atom is 0.308 e. The van der Waals surface area contributed by atoms with Crippen molar-refractivity contribution in [2.24, 2.45) is 5.92 Å². The summed E-state index contributed by atoms with van der Waals surface area (Å²) in [6, 6.07) is 7.49. The van der Waals surface area contributed by atoms with Gasteiger partial charge in [-0.1, -0.05) is 12.1 Å². The zero-order valence-electron chi connectivity index (χ0n) is 11.5. The molecule has 0 aromatic heterocycles. The van der Waals surface area contributed by atoms with Crippen molar-refractivity contribution in [2.75, 3.05) is 19.7 Å². The highest BCUT2D eigenvalue weighted by molar-refractivity contribution is 5.79. The number of carboxylic acids is 1. The van der Waals surface area contributed by atoms with Crippen LogP contribution in [0.5, 0.6) is 5.75 Å². The Morgan fingerprint density at radius 2 is 2.25 bits per heavy atom. The molecule has 1 amide bonds. The second-order valence-electron chi connectivity index (χ2n) is 5.12. The molecule has 1 fully saturated rings. The van der Waals surface area contributed by atoms with Crippen molar-refractivity contribution < 1.29 is 19.4 Å². The van der Waals surface area contributed by atoms with Crippen LogP contribution in [0, 0.1) is 12.8 Å². The topological polar surface area (TPSA) is 66.8 Å². The van der Waals surface area contributed by atoms with Gasteiger partial charge >= 0.3 is 5.97 Å². The van der Waals surface area contributed by atoms with E-state index in [-0.39, 0.29) is 19.1 Å². The van der Waals surface area contributed by atoms with Gasteiger partial charge in [-0.15, -0.1) is 0 Å². The van der Waals surface area contributed by atoms with Gasteiger partial charge in [0.15, 0.2) is 6.61 Å². The zero-order valence-corrected chi connectivity index (χ0v) is 11.5. The van der Waals surface area contributed by atoms with E-state index < -0.39 is 11.9 Å². The Kier molecular flexibility index (Phi) is 4.61. The summed E-state index contributed by atoms with van der Waals surface area (Å²) in [4.78, 5) is 24.6. The van der Waals surface area contributed by atoms with Gasteiger partial charge < -0.3 is 14.7 Å². The molecule has 5 heteroatoms. The van der Waals surface area contributed by atoms with Crippen molar-refractivity contribution in [3.63, 3.8) is 0 Å². The summed E-state index contributed by atoms with van der Waals surface area (Å²) in [6.45, 7) is 2.80. The molecule has 1 N–H and O–H groups in total. The van der Waals surface area contributed by atoms with Gasteiger partial charge in [0, 0.05) is 13.1 Å². The maximum atomic E-state index is 12.0. The minimum Gasteiger partial charge on any atom is -0.484 e. The van der Waals surface area contributed by atoms with E-state index in [1.54, 1.807) is 11.0 Å². The van der Waals surface area contributed by atoms with Crippen molar-refractivity contribution in [3.8, 4) is 5.75 Å². The molecule has 1 atom stereocenters. The minimum absolute atomic E-state index is 0.0458. The third-order valence-electron chi connectivity index (χ3n) is 3.48. The number of hydrogen-bond acceptors (Lipinski definition) is 3. The molecule has 0 bridgehead atoms. The van der Waals surface area contributed by atoms with Crippen LogP contribution in [0.4, 0.5) is 0 Å². The van der Waals surface area contributed by atoms with E-state index in [4.69, 9.17) is 9.84 Å². The van der Waals surface area contributed by atoms with Crippen molar-refractivity contribution in [1.82, 2.24) is 4.90 Å². The number of ether oxygens (including phenoxy) is 1. The fourth-order valence-electron chi connectivity index (χ4n) is 2.35. The highest BCUT2D eigenvalue weighted by atomic mass is 16.5. The number of carbonyl (C=O) groups is 2. The van der Waals surface area contributed by atoms with Crippen LogP contribution in [0.15, 0.2) is 24.3 Å². The molecule has 1 aromatic rings. The first-order valence-corrected chi connectivity index (χ1v) is 6.76. The predicted molar refractivity (Wildman–Crippen MR) is 73.6 cm³/mol. The van der Waals surface area contributed by atoms with Crippen LogP contribution < -0.4 is 4.74 Å². The number of benzene rings is 1. The highest BCUT2D eigenvalue weighted by Gasteiger charge is 2.28. The summed E-state index contributed by atoms with van der Waals surface area (Å²) in [7, 11) is 0. The number of piperidine rings is 1. The number of nitrogens with zero attached hydrogens (tertiary/aromatic N) is 1. The first-order chi connectivity index (χ1) is 9.56. The summed E-state index contributed by atoms with van der Waals surface area (Å²) >= 11 is 0. The SMILES string of the molecule is Cc1cccc(OCC(=O)N2CCC[C@@H](C(=O)O)C2)c1. The number of carbonyl (C=O) groups excluding carboxylic acids is 1. The summed E-state index contributed by atoms with van der Waals surface area (Å²) in [5.41, 5.74) is 1.07. The Balaban J connectivity index is 1.87. The Labute approximate surface area is 118 Å². The van der Waals surface area contributed by atoms with E-state index >= 15 is 0 Å². The fourth-order valence-corrected chi connectivity index (χ4v) is 2.35. The van der Waals surface area contributed by atoms with Crippen molar-refractivity contribution in [2.45, 2.75) is 19.8 Å². The molecule has 1 saturated heterocycles. The van der Waals surface area contributed by atoms with Crippen LogP contribution in [0.25, 0.3) is 0 Å². The number of likely N-dealkylation sites (tertiary alicyclic amines) is 1. The van der Waals surface area contributed by atoms with Crippen molar-refractivity contribution in [3.05, 3.63) is 29.8 Å². The first-order valence-electron chi connectivity index (χ1n) is 6.76. The van der Waals surface area contributed by atoms with Crippen LogP contribution in [-0.4, -0.2) is 41.6 Å². The molecule has 0 unspecified atom stereocenters. The van der Waals surface area contributed by atoms with Crippen LogP contribution >= 0.6 is 0 Å². The Hall–Kier alpha value is -2.04. The first kappa shape index (κ1) is 14.4. The molecule has 108 valence electrons. The van der Waals surface area contributed by atoms with Gasteiger partial charge in [-0.25, -0.2) is 0 Å². The minimum atomic E-state index is -0.831. The van der Waals surface area contributed by atoms with Crippen LogP contribution in [0.1, 0.15) is 18.4 Å². The van der Waals surface area contributed by atoms with Gasteiger partial charge in [0.25, 0.3) is 5.91 Å². The van der Waals surface area contributed by atoms with E-state index in [2.05, 4.69) is 0 Å². The molecule has 0 saturated carbocycles. The Morgan fingerprint density at radius 1 is 1.45 bits per heavy atom. The molecule has 0 spiro atoms. The van der Waals surface area contributed by atoms with E-state index in [0.717, 1.165) is 12.0 Å². The number of hydrogen-bond donors (Lipinski definition) is 1. The lowest BCUT2D eigenvalue weighted by Crippen LogP contribution is -2.44. The van der Waals surface area contributed by atoms with Gasteiger partial charge in [0.05, 0.1) is 5.92 Å². The summed E-state index contributed by atoms with van der Waals surface area (Å²) in [5, 5.41) is 9.01. The molecular weight excluding hydrogens is 258 g/mol. The molecule has 1 aliphatic rings. The van der Waals surface area contributed by atoms with Crippen molar-refractivity contribution in [1.29, 1.82) is 0 Å². The average molecular weight is 277 g/mol. The summed E-state index contributed by atoms with van der Waals surface area (Å²) in [5.74, 6) is -0.781. The van der Waals surface area contributed by atoms with E-state index in [9.17, 15) is 9.59 Å². The highest BCUT2D eigenvalue weighted by Crippen LogP contribution is 2.17. The molecule has 1 aromatic carbocycles. The zero-order chi connectivity index (χ0) is 14.5. The molecule has 0 aliphatic carbocycles. The Bertz CT molecular complexity index is 500. The molecule has 1 heterocycles. The lowest BCUT2D eigenvalue weighted by Gasteiger charge is -2.30. The van der Waals surface area contributed by atoms with E-state index in [0.29, 0.717) is 18.7 Å². The van der Waals surface area contributed by atoms with Gasteiger partial charge in [0.2, 0.25) is 0 Å². The fraction of sp³-hybridized carbons (Fsp3) is 0.467. The van der Waals surface area contributed by atoms with Gasteiger partial charge in [-0.3, -0.25) is 9.59 Å². The Morgan fingerprint density at radius 3 is 2.95 bits per heavy atom. The molecular formula is C15H19NO4. The third kappa shape index (κ3) is 3.73.